The number of anilines is 1. The summed E-state index contributed by atoms with van der Waals surface area (Å²) < 4.78 is 111. The number of hydrogen-bond acceptors (Lipinski definition) is 6. The molecule has 0 bridgehead atoms. The number of amides is 2. The number of carbonyl (C=O) groups excluding carboxylic acids is 2. The summed E-state index contributed by atoms with van der Waals surface area (Å²) in [5, 5.41) is 11.9. The van der Waals surface area contributed by atoms with Crippen LogP contribution in [0.3, 0.4) is 0 Å². The van der Waals surface area contributed by atoms with Gasteiger partial charge in [-0.25, -0.2) is 13.1 Å². The van der Waals surface area contributed by atoms with Crippen LogP contribution in [0.5, 0.6) is 0 Å². The van der Waals surface area contributed by atoms with Gasteiger partial charge in [0.2, 0.25) is 10.0 Å². The number of nitrogens with one attached hydrogen (secondary N) is 2. The highest BCUT2D eigenvalue weighted by molar-refractivity contribution is 7.89. The molecule has 16 heteroatoms. The van der Waals surface area contributed by atoms with Gasteiger partial charge in [0, 0.05) is 24.9 Å². The van der Waals surface area contributed by atoms with Gasteiger partial charge < -0.3 is 20.1 Å². The summed E-state index contributed by atoms with van der Waals surface area (Å²) in [6.07, 6.45) is -11.4. The monoisotopic (exact) mass is 595 g/mol. The third kappa shape index (κ3) is 4.82. The fourth-order valence-corrected chi connectivity index (χ4v) is 5.34. The van der Waals surface area contributed by atoms with Crippen LogP contribution in [0.25, 0.3) is 0 Å². The quantitative estimate of drug-likeness (QED) is 0.423. The lowest BCUT2D eigenvalue weighted by atomic mass is 9.92. The SMILES string of the molecule is CNS(=O)(=O)c1ccc2c(c1)CN(C(=O)C1(OC)CC1)C2C(=O)Nc1ccc(C(O)(C(F)(F)F)C(F)(F)F)cc1. The third-order valence-corrected chi connectivity index (χ3v) is 8.44. The smallest absolute Gasteiger partial charge is 0.369 e. The maximum absolute atomic E-state index is 13.4. The molecule has 0 radical (unpaired) electrons. The first-order chi connectivity index (χ1) is 18.4. The van der Waals surface area contributed by atoms with Crippen molar-refractivity contribution in [3.63, 3.8) is 0 Å². The Labute approximate surface area is 224 Å². The zero-order chi connectivity index (χ0) is 29.9. The number of sulfonamides is 1. The van der Waals surface area contributed by atoms with Gasteiger partial charge in [-0.1, -0.05) is 18.2 Å². The van der Waals surface area contributed by atoms with Gasteiger partial charge in [0.15, 0.2) is 0 Å². The van der Waals surface area contributed by atoms with Gasteiger partial charge in [-0.3, -0.25) is 9.59 Å². The number of methoxy groups -OCH3 is 1. The molecule has 0 saturated heterocycles. The van der Waals surface area contributed by atoms with E-state index in [1.165, 1.54) is 37.3 Å². The van der Waals surface area contributed by atoms with E-state index in [4.69, 9.17) is 4.74 Å². The van der Waals surface area contributed by atoms with Crippen LogP contribution in [-0.2, 0) is 36.5 Å². The van der Waals surface area contributed by atoms with E-state index in [0.29, 0.717) is 30.5 Å². The van der Waals surface area contributed by atoms with Gasteiger partial charge in [0.1, 0.15) is 11.6 Å². The Morgan fingerprint density at radius 3 is 2.08 bits per heavy atom. The van der Waals surface area contributed by atoms with Gasteiger partial charge in [-0.05, 0) is 55.3 Å². The summed E-state index contributed by atoms with van der Waals surface area (Å²) in [6.45, 7) is -0.159. The first kappa shape index (κ1) is 29.8. The molecule has 2 aromatic carbocycles. The van der Waals surface area contributed by atoms with E-state index in [1.54, 1.807) is 0 Å². The molecule has 1 aliphatic carbocycles. The zero-order valence-corrected chi connectivity index (χ0v) is 21.7. The number of carbonyl (C=O) groups is 2. The predicted octanol–water partition coefficient (Wildman–Crippen LogP) is 3.11. The van der Waals surface area contributed by atoms with Gasteiger partial charge in [0.05, 0.1) is 4.90 Å². The van der Waals surface area contributed by atoms with Crippen LogP contribution < -0.4 is 10.0 Å². The number of alkyl halides is 6. The van der Waals surface area contributed by atoms with Gasteiger partial charge in [0.25, 0.3) is 17.4 Å². The molecule has 40 heavy (non-hydrogen) atoms. The highest BCUT2D eigenvalue weighted by atomic mass is 32.2. The van der Waals surface area contributed by atoms with Gasteiger partial charge in [-0.2, -0.15) is 26.3 Å². The molecule has 1 unspecified atom stereocenters. The Morgan fingerprint density at radius 1 is 1.02 bits per heavy atom. The molecule has 2 aliphatic rings. The third-order valence-electron chi connectivity index (χ3n) is 7.02. The van der Waals surface area contributed by atoms with E-state index in [2.05, 4.69) is 10.0 Å². The van der Waals surface area contributed by atoms with Crippen LogP contribution in [-0.4, -0.2) is 62.3 Å². The van der Waals surface area contributed by atoms with Crippen molar-refractivity contribution in [2.75, 3.05) is 19.5 Å². The minimum Gasteiger partial charge on any atom is -0.369 e. The van der Waals surface area contributed by atoms with Crippen molar-refractivity contribution in [1.29, 1.82) is 0 Å². The molecule has 1 atom stereocenters. The second-order valence-electron chi connectivity index (χ2n) is 9.37. The first-order valence-corrected chi connectivity index (χ1v) is 13.1. The van der Waals surface area contributed by atoms with E-state index in [0.717, 1.165) is 12.1 Å². The number of aliphatic hydroxyl groups is 1. The number of nitrogens with zero attached hydrogens (tertiary/aromatic N) is 1. The maximum Gasteiger partial charge on any atom is 0.430 e. The van der Waals surface area contributed by atoms with Crippen molar-refractivity contribution in [3.05, 3.63) is 59.2 Å². The molecular formula is C24H23F6N3O6S. The second kappa shape index (κ2) is 9.71. The van der Waals surface area contributed by atoms with Crippen molar-refractivity contribution in [2.45, 2.75) is 53.9 Å². The molecule has 1 heterocycles. The van der Waals surface area contributed by atoms with Gasteiger partial charge in [-0.15, -0.1) is 0 Å². The summed E-state index contributed by atoms with van der Waals surface area (Å²) in [7, 11) is -1.33. The second-order valence-corrected chi connectivity index (χ2v) is 11.3. The number of hydrogen-bond donors (Lipinski definition) is 3. The van der Waals surface area contributed by atoms with Crippen LogP contribution in [0.4, 0.5) is 32.0 Å². The highest BCUT2D eigenvalue weighted by Crippen LogP contribution is 2.50. The normalized spacial score (nSPS) is 18.8. The minimum absolute atomic E-state index is 0.118. The number of halogens is 6. The van der Waals surface area contributed by atoms with E-state index in [1.807, 2.05) is 0 Å². The zero-order valence-electron chi connectivity index (χ0n) is 20.9. The highest BCUT2D eigenvalue weighted by Gasteiger charge is 2.71. The molecule has 9 nitrogen and oxygen atoms in total. The molecule has 1 aliphatic heterocycles. The standard InChI is InChI=1S/C24H23F6N3O6S/c1-31-40(37,38)16-7-8-17-13(11-16)12-33(20(35)21(39-2)9-10-21)18(17)19(34)32-15-5-3-14(4-6-15)22(36,23(25,26)27)24(28,29)30/h3-8,11,18,31,36H,9-10,12H2,1-2H3,(H,32,34). The summed E-state index contributed by atoms with van der Waals surface area (Å²) in [5.41, 5.74) is -7.42. The molecule has 0 aromatic heterocycles. The number of rotatable bonds is 7. The Morgan fingerprint density at radius 2 is 1.60 bits per heavy atom. The van der Waals surface area contributed by atoms with Crippen molar-refractivity contribution in [1.82, 2.24) is 9.62 Å². The van der Waals surface area contributed by atoms with E-state index in [-0.39, 0.29) is 22.7 Å². The van der Waals surface area contributed by atoms with Crippen molar-refractivity contribution < 1.29 is 54.2 Å². The lowest BCUT2D eigenvalue weighted by molar-refractivity contribution is -0.376. The minimum atomic E-state index is -6.08. The predicted molar refractivity (Wildman–Crippen MR) is 126 cm³/mol. The molecule has 3 N–H and O–H groups in total. The van der Waals surface area contributed by atoms with Crippen LogP contribution >= 0.6 is 0 Å². The molecule has 1 saturated carbocycles. The average molecular weight is 596 g/mol. The molecule has 2 aromatic rings. The summed E-state index contributed by atoms with van der Waals surface area (Å²) in [4.78, 5) is 27.8. The van der Waals surface area contributed by atoms with Crippen molar-refractivity contribution in [2.24, 2.45) is 0 Å². The molecular weight excluding hydrogens is 572 g/mol. The maximum atomic E-state index is 13.4. The fourth-order valence-electron chi connectivity index (χ4n) is 4.56. The van der Waals surface area contributed by atoms with Crippen LogP contribution in [0.15, 0.2) is 47.4 Å². The van der Waals surface area contributed by atoms with Gasteiger partial charge >= 0.3 is 12.4 Å². The molecule has 0 spiro atoms. The molecule has 218 valence electrons. The van der Waals surface area contributed by atoms with Crippen molar-refractivity contribution >= 4 is 27.5 Å². The topological polar surface area (TPSA) is 125 Å². The Hall–Kier alpha value is -3.21. The largest absolute Gasteiger partial charge is 0.430 e. The van der Waals surface area contributed by atoms with Crippen molar-refractivity contribution in [3.8, 4) is 0 Å². The summed E-state index contributed by atoms with van der Waals surface area (Å²) in [5.74, 6) is -1.40. The number of ether oxygens (including phenoxy) is 1. The number of fused-ring (bicyclic) bond motifs is 1. The van der Waals surface area contributed by atoms with E-state index >= 15 is 0 Å². The molecule has 4 rings (SSSR count). The molecule has 1 fully saturated rings. The summed E-state index contributed by atoms with van der Waals surface area (Å²) >= 11 is 0. The first-order valence-electron chi connectivity index (χ1n) is 11.6. The number of benzene rings is 2. The Bertz CT molecular complexity index is 1420. The van der Waals surface area contributed by atoms with Crippen LogP contribution in [0.1, 0.15) is 35.6 Å². The van der Waals surface area contributed by atoms with E-state index < -0.39 is 57.0 Å². The summed E-state index contributed by atoms with van der Waals surface area (Å²) in [6, 6.07) is 4.80. The lowest BCUT2D eigenvalue weighted by Crippen LogP contribution is -2.53. The van der Waals surface area contributed by atoms with E-state index in [9.17, 15) is 49.5 Å². The lowest BCUT2D eigenvalue weighted by Gasteiger charge is -2.32. The fraction of sp³-hybridized carbons (Fsp3) is 0.417. The Kier molecular flexibility index (Phi) is 7.23. The van der Waals surface area contributed by atoms with Crippen LogP contribution in [0.2, 0.25) is 0 Å². The average Bonchev–Trinajstić information content (AvgIpc) is 3.59. The molecule has 2 amide bonds. The van der Waals surface area contributed by atoms with Crippen LogP contribution in [0, 0.1) is 0 Å². The Balaban J connectivity index is 1.67.